The third-order valence-corrected chi connectivity index (χ3v) is 4.99. The Labute approximate surface area is 188 Å². The molecule has 0 aliphatic carbocycles. The number of rotatable bonds is 10. The average molecular weight is 433 g/mol. The Balaban J connectivity index is 1.40. The third-order valence-electron chi connectivity index (χ3n) is 4.99. The van der Waals surface area contributed by atoms with Gasteiger partial charge in [-0.2, -0.15) is 0 Å². The molecule has 0 saturated carbocycles. The summed E-state index contributed by atoms with van der Waals surface area (Å²) in [5.74, 6) is -0.890. The van der Waals surface area contributed by atoms with E-state index >= 15 is 0 Å². The first-order valence-electron chi connectivity index (χ1n) is 10.5. The second kappa shape index (κ2) is 11.8. The van der Waals surface area contributed by atoms with Crippen molar-refractivity contribution in [1.82, 2.24) is 0 Å². The largest absolute Gasteiger partial charge is 0.460 e. The van der Waals surface area contributed by atoms with Crippen LogP contribution in [0, 0.1) is 0 Å². The first kappa shape index (κ1) is 23.2. The first-order valence-corrected chi connectivity index (χ1v) is 10.5. The van der Waals surface area contributed by atoms with Crippen molar-refractivity contribution in [2.24, 2.45) is 11.5 Å². The van der Waals surface area contributed by atoms with Gasteiger partial charge in [0.05, 0.1) is 0 Å². The summed E-state index contributed by atoms with van der Waals surface area (Å²) in [6.45, 7) is 0.257. The van der Waals surface area contributed by atoms with E-state index in [-0.39, 0.29) is 13.2 Å². The molecule has 0 radical (unpaired) electrons. The summed E-state index contributed by atoms with van der Waals surface area (Å²) in [6, 6.07) is 25.0. The minimum atomic E-state index is -0.712. The highest BCUT2D eigenvalue weighted by Gasteiger charge is 2.17. The summed E-state index contributed by atoms with van der Waals surface area (Å²) in [4.78, 5) is 24.3. The molecule has 0 bridgehead atoms. The molecule has 0 saturated heterocycles. The van der Waals surface area contributed by atoms with E-state index in [0.717, 1.165) is 22.3 Å². The summed E-state index contributed by atoms with van der Waals surface area (Å²) in [6.07, 6.45) is 0.854. The minimum absolute atomic E-state index is 0.128. The highest BCUT2D eigenvalue weighted by atomic mass is 16.5. The van der Waals surface area contributed by atoms with E-state index in [2.05, 4.69) is 0 Å². The number of benzene rings is 3. The number of nitrogens with two attached hydrogens (primary N) is 2. The molecule has 0 amide bonds. The van der Waals surface area contributed by atoms with Crippen LogP contribution in [0.3, 0.4) is 0 Å². The Morgan fingerprint density at radius 2 is 0.906 bits per heavy atom. The molecule has 4 N–H and O–H groups in total. The second-order valence-electron chi connectivity index (χ2n) is 7.62. The van der Waals surface area contributed by atoms with Crippen LogP contribution in [0.1, 0.15) is 22.3 Å². The molecular weight excluding hydrogens is 404 g/mol. The van der Waals surface area contributed by atoms with Gasteiger partial charge in [0.15, 0.2) is 0 Å². The van der Waals surface area contributed by atoms with Crippen LogP contribution in [0.5, 0.6) is 0 Å². The van der Waals surface area contributed by atoms with Crippen molar-refractivity contribution < 1.29 is 19.1 Å². The Bertz CT molecular complexity index is 909. The molecule has 6 nitrogen and oxygen atoms in total. The van der Waals surface area contributed by atoms with Crippen LogP contribution in [0.15, 0.2) is 84.9 Å². The molecule has 0 spiro atoms. The van der Waals surface area contributed by atoms with Gasteiger partial charge in [-0.1, -0.05) is 84.9 Å². The molecule has 3 rings (SSSR count). The van der Waals surface area contributed by atoms with Crippen LogP contribution < -0.4 is 11.5 Å². The molecule has 0 fully saturated rings. The van der Waals surface area contributed by atoms with E-state index in [4.69, 9.17) is 20.9 Å². The van der Waals surface area contributed by atoms with Gasteiger partial charge in [-0.05, 0) is 35.1 Å². The second-order valence-corrected chi connectivity index (χ2v) is 7.62. The lowest BCUT2D eigenvalue weighted by Gasteiger charge is -2.13. The lowest BCUT2D eigenvalue weighted by molar-refractivity contribution is -0.147. The van der Waals surface area contributed by atoms with Crippen LogP contribution in [0.25, 0.3) is 0 Å². The smallest absolute Gasteiger partial charge is 0.323 e. The first-order chi connectivity index (χ1) is 15.5. The maximum atomic E-state index is 12.1. The van der Waals surface area contributed by atoms with E-state index in [9.17, 15) is 9.59 Å². The normalized spacial score (nSPS) is 12.6. The van der Waals surface area contributed by atoms with E-state index in [1.54, 1.807) is 0 Å². The molecule has 166 valence electrons. The average Bonchev–Trinajstić information content (AvgIpc) is 2.82. The highest BCUT2D eigenvalue weighted by Crippen LogP contribution is 2.10. The van der Waals surface area contributed by atoms with Gasteiger partial charge in [-0.3, -0.25) is 9.59 Å². The van der Waals surface area contributed by atoms with Crippen molar-refractivity contribution in [2.45, 2.75) is 38.1 Å². The fraction of sp³-hybridized carbons (Fsp3) is 0.231. The summed E-state index contributed by atoms with van der Waals surface area (Å²) in [5.41, 5.74) is 15.5. The Morgan fingerprint density at radius 3 is 1.25 bits per heavy atom. The number of hydrogen-bond acceptors (Lipinski definition) is 6. The predicted molar refractivity (Wildman–Crippen MR) is 122 cm³/mol. The van der Waals surface area contributed by atoms with Crippen molar-refractivity contribution in [3.63, 3.8) is 0 Å². The van der Waals surface area contributed by atoms with E-state index < -0.39 is 24.0 Å². The van der Waals surface area contributed by atoms with Gasteiger partial charge in [-0.15, -0.1) is 0 Å². The van der Waals surface area contributed by atoms with Crippen LogP contribution in [-0.2, 0) is 45.1 Å². The van der Waals surface area contributed by atoms with Gasteiger partial charge in [-0.25, -0.2) is 0 Å². The lowest BCUT2D eigenvalue weighted by atomic mass is 10.1. The molecule has 3 aromatic rings. The zero-order chi connectivity index (χ0) is 22.8. The number of carbonyl (C=O) groups excluding carboxylic acids is 2. The minimum Gasteiger partial charge on any atom is -0.460 e. The van der Waals surface area contributed by atoms with Crippen molar-refractivity contribution in [3.8, 4) is 0 Å². The van der Waals surface area contributed by atoms with E-state index in [0.29, 0.717) is 12.8 Å². The maximum absolute atomic E-state index is 12.1. The third kappa shape index (κ3) is 7.34. The van der Waals surface area contributed by atoms with Gasteiger partial charge in [0.1, 0.15) is 25.3 Å². The van der Waals surface area contributed by atoms with Crippen molar-refractivity contribution in [2.75, 3.05) is 0 Å². The van der Waals surface area contributed by atoms with E-state index in [1.165, 1.54) is 0 Å². The Hall–Kier alpha value is -3.48. The number of hydrogen-bond donors (Lipinski definition) is 2. The van der Waals surface area contributed by atoms with Crippen LogP contribution in [0.4, 0.5) is 0 Å². The SMILES string of the molecule is N[C@H](Cc1ccccc1)C(=O)OCc1ccc(COC(=O)[C@H](N)Cc2ccccc2)cc1. The van der Waals surface area contributed by atoms with E-state index in [1.807, 2.05) is 84.9 Å². The fourth-order valence-corrected chi connectivity index (χ4v) is 3.16. The molecule has 3 aromatic carbocycles. The topological polar surface area (TPSA) is 105 Å². The summed E-state index contributed by atoms with van der Waals surface area (Å²) in [7, 11) is 0. The van der Waals surface area contributed by atoms with Crippen molar-refractivity contribution in [3.05, 3.63) is 107 Å². The number of esters is 2. The summed E-state index contributed by atoms with van der Waals surface area (Å²) in [5, 5.41) is 0. The quantitative estimate of drug-likeness (QED) is 0.477. The van der Waals surface area contributed by atoms with Gasteiger partial charge in [0, 0.05) is 0 Å². The molecule has 2 atom stereocenters. The molecule has 0 aromatic heterocycles. The molecule has 0 heterocycles. The molecule has 0 aliphatic rings. The van der Waals surface area contributed by atoms with Crippen LogP contribution in [-0.4, -0.2) is 24.0 Å². The summed E-state index contributed by atoms with van der Waals surface area (Å²) < 4.78 is 10.6. The molecular formula is C26H28N2O4. The Kier molecular flexibility index (Phi) is 8.54. The monoisotopic (exact) mass is 432 g/mol. The van der Waals surface area contributed by atoms with Crippen LogP contribution >= 0.6 is 0 Å². The zero-order valence-corrected chi connectivity index (χ0v) is 17.9. The predicted octanol–water partition coefficient (Wildman–Crippen LogP) is 2.91. The highest BCUT2D eigenvalue weighted by molar-refractivity contribution is 5.76. The van der Waals surface area contributed by atoms with Crippen molar-refractivity contribution >= 4 is 11.9 Å². The molecule has 32 heavy (non-hydrogen) atoms. The molecule has 0 aliphatic heterocycles. The van der Waals surface area contributed by atoms with Gasteiger partial charge in [0.2, 0.25) is 0 Å². The van der Waals surface area contributed by atoms with Gasteiger partial charge in [0.25, 0.3) is 0 Å². The number of ether oxygens (including phenoxy) is 2. The molecule has 0 unspecified atom stereocenters. The number of carbonyl (C=O) groups is 2. The zero-order valence-electron chi connectivity index (χ0n) is 17.9. The Morgan fingerprint density at radius 1 is 0.562 bits per heavy atom. The molecule has 6 heteroatoms. The standard InChI is InChI=1S/C26H28N2O4/c27-23(15-19-7-3-1-4-8-19)25(29)31-17-21-11-13-22(14-12-21)18-32-26(30)24(28)16-20-9-5-2-6-10-20/h1-14,23-24H,15-18,27-28H2/t23-,24-/m1/s1. The maximum Gasteiger partial charge on any atom is 0.323 e. The van der Waals surface area contributed by atoms with Gasteiger partial charge < -0.3 is 20.9 Å². The van der Waals surface area contributed by atoms with Crippen LogP contribution in [0.2, 0.25) is 0 Å². The van der Waals surface area contributed by atoms with Crippen molar-refractivity contribution in [1.29, 1.82) is 0 Å². The van der Waals surface area contributed by atoms with Gasteiger partial charge >= 0.3 is 11.9 Å². The fourth-order valence-electron chi connectivity index (χ4n) is 3.16. The summed E-state index contributed by atoms with van der Waals surface area (Å²) >= 11 is 0. The lowest BCUT2D eigenvalue weighted by Crippen LogP contribution is -2.34.